The number of nitrogens with one attached hydrogen (secondary N) is 1. The highest BCUT2D eigenvalue weighted by Gasteiger charge is 2.35. The highest BCUT2D eigenvalue weighted by atomic mass is 79.9. The standard InChI is InChI=1S/C28H21BrClN3O4/c29-18-9-5-17(6-10-18)26-20-3-1-2-4-21(20)31-28(37)27(26)22-15-23(16-7-11-19(30)12-8-16)33(32-22)24(34)13-14-25(35)36/h1-12,23H,13-15H2,(H,31,37)(H,35,36). The van der Waals surface area contributed by atoms with Crippen LogP contribution in [0, 0.1) is 0 Å². The number of halogens is 2. The van der Waals surface area contributed by atoms with Crippen LogP contribution in [0.2, 0.25) is 5.02 Å². The summed E-state index contributed by atoms with van der Waals surface area (Å²) in [5.41, 5.74) is 3.56. The minimum Gasteiger partial charge on any atom is -0.481 e. The lowest BCUT2D eigenvalue weighted by Gasteiger charge is -2.22. The van der Waals surface area contributed by atoms with E-state index < -0.39 is 17.9 Å². The minimum atomic E-state index is -1.07. The molecule has 1 aromatic heterocycles. The van der Waals surface area contributed by atoms with Gasteiger partial charge < -0.3 is 10.1 Å². The second-order valence-corrected chi connectivity index (χ2v) is 10.1. The molecule has 4 aromatic rings. The first-order chi connectivity index (χ1) is 17.8. The topological polar surface area (TPSA) is 103 Å². The molecule has 1 unspecified atom stereocenters. The average Bonchev–Trinajstić information content (AvgIpc) is 3.32. The second-order valence-electron chi connectivity index (χ2n) is 8.71. The van der Waals surface area contributed by atoms with E-state index in [4.69, 9.17) is 16.7 Å². The average molecular weight is 579 g/mol. The van der Waals surface area contributed by atoms with E-state index in [1.165, 1.54) is 5.01 Å². The van der Waals surface area contributed by atoms with Crippen molar-refractivity contribution in [1.82, 2.24) is 9.99 Å². The summed E-state index contributed by atoms with van der Waals surface area (Å²) in [4.78, 5) is 40.7. The molecule has 0 saturated heterocycles. The molecule has 1 atom stereocenters. The van der Waals surface area contributed by atoms with Crippen LogP contribution in [0.1, 0.15) is 36.4 Å². The van der Waals surface area contributed by atoms with E-state index in [1.54, 1.807) is 12.1 Å². The number of fused-ring (bicyclic) bond motifs is 1. The van der Waals surface area contributed by atoms with Crippen LogP contribution in [-0.4, -0.2) is 32.7 Å². The van der Waals surface area contributed by atoms with Crippen molar-refractivity contribution in [3.63, 3.8) is 0 Å². The maximum atomic E-state index is 13.5. The van der Waals surface area contributed by atoms with E-state index in [-0.39, 0.29) is 24.8 Å². The number of carboxylic acids is 1. The van der Waals surface area contributed by atoms with Gasteiger partial charge in [-0.2, -0.15) is 5.10 Å². The van der Waals surface area contributed by atoms with E-state index in [0.717, 1.165) is 26.5 Å². The second kappa shape index (κ2) is 10.3. The molecule has 3 aromatic carbocycles. The Morgan fingerprint density at radius 3 is 2.41 bits per heavy atom. The van der Waals surface area contributed by atoms with E-state index in [9.17, 15) is 14.4 Å². The summed E-state index contributed by atoms with van der Waals surface area (Å²) in [5.74, 6) is -1.50. The number of hydrogen-bond donors (Lipinski definition) is 2. The Hall–Kier alpha value is -3.75. The van der Waals surface area contributed by atoms with Crippen LogP contribution in [-0.2, 0) is 9.59 Å². The molecular formula is C28H21BrClN3O4. The molecule has 37 heavy (non-hydrogen) atoms. The summed E-state index contributed by atoms with van der Waals surface area (Å²) < 4.78 is 0.906. The molecule has 0 fully saturated rings. The van der Waals surface area contributed by atoms with Crippen molar-refractivity contribution < 1.29 is 14.7 Å². The largest absolute Gasteiger partial charge is 0.481 e. The van der Waals surface area contributed by atoms with Gasteiger partial charge in [0, 0.05) is 38.8 Å². The zero-order chi connectivity index (χ0) is 26.1. The van der Waals surface area contributed by atoms with Crippen molar-refractivity contribution in [1.29, 1.82) is 0 Å². The molecule has 1 aliphatic heterocycles. The molecule has 2 heterocycles. The Labute approximate surface area is 225 Å². The number of nitrogens with zero attached hydrogens (tertiary/aromatic N) is 2. The molecule has 0 saturated carbocycles. The van der Waals surface area contributed by atoms with Gasteiger partial charge in [0.05, 0.1) is 23.7 Å². The van der Waals surface area contributed by atoms with Gasteiger partial charge in [-0.25, -0.2) is 5.01 Å². The van der Waals surface area contributed by atoms with E-state index in [2.05, 4.69) is 26.0 Å². The number of aromatic amines is 1. The highest BCUT2D eigenvalue weighted by Crippen LogP contribution is 2.37. The van der Waals surface area contributed by atoms with Crippen molar-refractivity contribution in [3.05, 3.63) is 104 Å². The molecule has 7 nitrogen and oxygen atoms in total. The number of pyridine rings is 1. The lowest BCUT2D eigenvalue weighted by Crippen LogP contribution is -2.27. The predicted molar refractivity (Wildman–Crippen MR) is 147 cm³/mol. The molecule has 5 rings (SSSR count). The fourth-order valence-electron chi connectivity index (χ4n) is 4.60. The number of aliphatic carboxylic acids is 1. The van der Waals surface area contributed by atoms with Gasteiger partial charge >= 0.3 is 5.97 Å². The smallest absolute Gasteiger partial charge is 0.303 e. The Kier molecular flexibility index (Phi) is 6.95. The number of aromatic nitrogens is 1. The number of carboxylic acid groups (broad SMARTS) is 1. The zero-order valence-corrected chi connectivity index (χ0v) is 21.8. The minimum absolute atomic E-state index is 0.205. The number of carbonyl (C=O) groups excluding carboxylic acids is 1. The van der Waals surface area contributed by atoms with Gasteiger partial charge in [-0.15, -0.1) is 0 Å². The Balaban J connectivity index is 1.68. The Morgan fingerprint density at radius 1 is 1.00 bits per heavy atom. The molecule has 0 radical (unpaired) electrons. The SMILES string of the molecule is O=C(O)CCC(=O)N1N=C(c2c(-c3ccc(Br)cc3)c3ccccc3[nH]c2=O)CC1c1ccc(Cl)cc1. The van der Waals surface area contributed by atoms with Gasteiger partial charge in [0.25, 0.3) is 5.56 Å². The van der Waals surface area contributed by atoms with Gasteiger partial charge in [-0.05, 0) is 41.5 Å². The molecule has 1 amide bonds. The van der Waals surface area contributed by atoms with Crippen molar-refractivity contribution >= 4 is 56.0 Å². The summed E-state index contributed by atoms with van der Waals surface area (Å²) in [6.45, 7) is 0. The van der Waals surface area contributed by atoms with Gasteiger partial charge in [0.1, 0.15) is 0 Å². The maximum Gasteiger partial charge on any atom is 0.303 e. The summed E-state index contributed by atoms with van der Waals surface area (Å²) in [6.07, 6.45) is -0.233. The lowest BCUT2D eigenvalue weighted by molar-refractivity contribution is -0.141. The summed E-state index contributed by atoms with van der Waals surface area (Å²) in [7, 11) is 0. The van der Waals surface area contributed by atoms with Crippen molar-refractivity contribution in [2.45, 2.75) is 25.3 Å². The van der Waals surface area contributed by atoms with Crippen LogP contribution in [0.25, 0.3) is 22.0 Å². The van der Waals surface area contributed by atoms with Crippen LogP contribution in [0.4, 0.5) is 0 Å². The van der Waals surface area contributed by atoms with Crippen molar-refractivity contribution in [2.75, 3.05) is 0 Å². The number of benzene rings is 3. The van der Waals surface area contributed by atoms with Gasteiger partial charge in [-0.1, -0.05) is 70.0 Å². The van der Waals surface area contributed by atoms with Gasteiger partial charge in [0.2, 0.25) is 5.91 Å². The number of hydrazone groups is 1. The van der Waals surface area contributed by atoms with Gasteiger partial charge in [0.15, 0.2) is 0 Å². The summed E-state index contributed by atoms with van der Waals surface area (Å²) in [6, 6.07) is 21.8. The molecule has 0 aliphatic carbocycles. The summed E-state index contributed by atoms with van der Waals surface area (Å²) in [5, 5.41) is 16.4. The third-order valence-corrected chi connectivity index (χ3v) is 7.10. The van der Waals surface area contributed by atoms with Gasteiger partial charge in [-0.3, -0.25) is 14.4 Å². The van der Waals surface area contributed by atoms with Crippen LogP contribution in [0.3, 0.4) is 0 Å². The van der Waals surface area contributed by atoms with Crippen LogP contribution >= 0.6 is 27.5 Å². The van der Waals surface area contributed by atoms with Crippen molar-refractivity contribution in [2.24, 2.45) is 5.10 Å². The first kappa shape index (κ1) is 24.9. The Bertz CT molecular complexity index is 1600. The molecule has 186 valence electrons. The normalized spacial score (nSPS) is 15.1. The maximum absolute atomic E-state index is 13.5. The van der Waals surface area contributed by atoms with Crippen LogP contribution < -0.4 is 5.56 Å². The quantitative estimate of drug-likeness (QED) is 0.286. The van der Waals surface area contributed by atoms with E-state index in [1.807, 2.05) is 60.7 Å². The first-order valence-corrected chi connectivity index (χ1v) is 12.8. The monoisotopic (exact) mass is 577 g/mol. The van der Waals surface area contributed by atoms with E-state index in [0.29, 0.717) is 21.8 Å². The molecule has 9 heteroatoms. The Morgan fingerprint density at radius 2 is 1.70 bits per heavy atom. The first-order valence-electron chi connectivity index (χ1n) is 11.6. The third-order valence-electron chi connectivity index (χ3n) is 6.32. The molecule has 0 spiro atoms. The molecule has 0 bridgehead atoms. The number of hydrogen-bond acceptors (Lipinski definition) is 4. The number of H-pyrrole nitrogens is 1. The molecule has 2 N–H and O–H groups in total. The number of para-hydroxylation sites is 1. The van der Waals surface area contributed by atoms with Crippen molar-refractivity contribution in [3.8, 4) is 11.1 Å². The van der Waals surface area contributed by atoms with E-state index >= 15 is 0 Å². The fourth-order valence-corrected chi connectivity index (χ4v) is 4.99. The number of carbonyl (C=O) groups is 2. The predicted octanol–water partition coefficient (Wildman–Crippen LogP) is 6.15. The fraction of sp³-hybridized carbons (Fsp3) is 0.143. The lowest BCUT2D eigenvalue weighted by atomic mass is 9.91. The van der Waals surface area contributed by atoms with Crippen LogP contribution in [0.15, 0.2) is 87.2 Å². The third kappa shape index (κ3) is 5.08. The zero-order valence-electron chi connectivity index (χ0n) is 19.4. The molecular weight excluding hydrogens is 558 g/mol. The highest BCUT2D eigenvalue weighted by molar-refractivity contribution is 9.10. The molecule has 1 aliphatic rings. The van der Waals surface area contributed by atoms with Crippen LogP contribution in [0.5, 0.6) is 0 Å². The summed E-state index contributed by atoms with van der Waals surface area (Å²) >= 11 is 9.55. The number of rotatable bonds is 6. The number of amides is 1.